The van der Waals surface area contributed by atoms with Crippen molar-refractivity contribution < 1.29 is 14.7 Å². The van der Waals surface area contributed by atoms with E-state index in [1.54, 1.807) is 48.5 Å². The summed E-state index contributed by atoms with van der Waals surface area (Å²) in [6, 6.07) is 8.90. The summed E-state index contributed by atoms with van der Waals surface area (Å²) in [7, 11) is 1.76. The number of carbonyl (C=O) groups is 2. The van der Waals surface area contributed by atoms with Gasteiger partial charge in [-0.05, 0) is 36.4 Å². The molecule has 3 rings (SSSR count). The molecule has 2 aromatic heterocycles. The maximum atomic E-state index is 12.6. The lowest BCUT2D eigenvalue weighted by Crippen LogP contribution is -2.00. The number of carboxylic acids is 1. The average molecular weight is 321 g/mol. The zero-order valence-corrected chi connectivity index (χ0v) is 13.0. The number of benzene rings is 1. The van der Waals surface area contributed by atoms with Gasteiger partial charge in [-0.3, -0.25) is 4.79 Å². The fourth-order valence-corrected chi connectivity index (χ4v) is 2.39. The van der Waals surface area contributed by atoms with Gasteiger partial charge in [-0.1, -0.05) is 0 Å². The van der Waals surface area contributed by atoms with Crippen molar-refractivity contribution in [3.63, 3.8) is 0 Å². The van der Waals surface area contributed by atoms with E-state index in [9.17, 15) is 9.59 Å². The summed E-state index contributed by atoms with van der Waals surface area (Å²) in [6.07, 6.45) is 9.40. The Morgan fingerprint density at radius 2 is 1.92 bits per heavy atom. The summed E-state index contributed by atoms with van der Waals surface area (Å²) in [5.74, 6) is -1.14. The third-order valence-electron chi connectivity index (χ3n) is 3.63. The average Bonchev–Trinajstić information content (AvgIpc) is 3.22. The van der Waals surface area contributed by atoms with E-state index in [0.717, 1.165) is 11.8 Å². The molecule has 0 aliphatic heterocycles. The summed E-state index contributed by atoms with van der Waals surface area (Å²) in [5.41, 5.74) is 2.65. The molecule has 0 aliphatic carbocycles. The van der Waals surface area contributed by atoms with Crippen molar-refractivity contribution in [2.24, 2.45) is 7.05 Å². The molecule has 0 unspecified atom stereocenters. The van der Waals surface area contributed by atoms with Gasteiger partial charge in [0.1, 0.15) is 0 Å². The molecular weight excluding hydrogens is 306 g/mol. The molecule has 1 N–H and O–H groups in total. The molecule has 0 saturated carbocycles. The molecule has 0 radical (unpaired) electrons. The standard InChI is InChI=1S/C18H15N3O3/c1-20-11-14(10-16(20)6-7-17(22)23)18(24)13-2-4-15(5-3-13)21-9-8-19-12-21/h2-12H,1H3,(H,22,23)/b7-6+. The van der Waals surface area contributed by atoms with Crippen LogP contribution in [0.3, 0.4) is 0 Å². The monoisotopic (exact) mass is 321 g/mol. The maximum Gasteiger partial charge on any atom is 0.328 e. The van der Waals surface area contributed by atoms with Crippen LogP contribution in [-0.4, -0.2) is 31.0 Å². The highest BCUT2D eigenvalue weighted by molar-refractivity contribution is 6.09. The molecule has 3 aromatic rings. The minimum atomic E-state index is -1.03. The van der Waals surface area contributed by atoms with E-state index in [2.05, 4.69) is 4.98 Å². The lowest BCUT2D eigenvalue weighted by atomic mass is 10.1. The predicted molar refractivity (Wildman–Crippen MR) is 89.1 cm³/mol. The normalized spacial score (nSPS) is 11.0. The van der Waals surface area contributed by atoms with E-state index in [1.165, 1.54) is 6.08 Å². The Balaban J connectivity index is 1.84. The first-order chi connectivity index (χ1) is 11.5. The van der Waals surface area contributed by atoms with Crippen molar-refractivity contribution in [2.75, 3.05) is 0 Å². The fourth-order valence-electron chi connectivity index (χ4n) is 2.39. The van der Waals surface area contributed by atoms with E-state index in [4.69, 9.17) is 5.11 Å². The summed E-state index contributed by atoms with van der Waals surface area (Å²) >= 11 is 0. The second-order valence-electron chi connectivity index (χ2n) is 5.28. The van der Waals surface area contributed by atoms with Crippen LogP contribution in [0.4, 0.5) is 0 Å². The zero-order chi connectivity index (χ0) is 17.1. The van der Waals surface area contributed by atoms with Gasteiger partial charge in [-0.25, -0.2) is 9.78 Å². The lowest BCUT2D eigenvalue weighted by Gasteiger charge is -2.03. The predicted octanol–water partition coefficient (Wildman–Crippen LogP) is 2.54. The molecule has 0 fully saturated rings. The number of hydrogen-bond donors (Lipinski definition) is 1. The van der Waals surface area contributed by atoms with Crippen LogP contribution in [0.25, 0.3) is 11.8 Å². The van der Waals surface area contributed by atoms with Gasteiger partial charge in [0.15, 0.2) is 5.78 Å². The first kappa shape index (κ1) is 15.5. The van der Waals surface area contributed by atoms with Crippen LogP contribution in [0.15, 0.2) is 61.3 Å². The number of aromatic nitrogens is 3. The topological polar surface area (TPSA) is 77.1 Å². The molecule has 6 nitrogen and oxygen atoms in total. The number of aliphatic carboxylic acids is 1. The smallest absolute Gasteiger partial charge is 0.328 e. The van der Waals surface area contributed by atoms with Crippen LogP contribution in [-0.2, 0) is 11.8 Å². The molecule has 0 aliphatic rings. The highest BCUT2D eigenvalue weighted by Crippen LogP contribution is 2.16. The molecule has 120 valence electrons. The first-order valence-corrected chi connectivity index (χ1v) is 7.25. The molecule has 1 aromatic carbocycles. The van der Waals surface area contributed by atoms with Gasteiger partial charge >= 0.3 is 5.97 Å². The van der Waals surface area contributed by atoms with Crippen molar-refractivity contribution in [3.8, 4) is 5.69 Å². The fraction of sp³-hybridized carbons (Fsp3) is 0.0556. The Morgan fingerprint density at radius 3 is 2.54 bits per heavy atom. The van der Waals surface area contributed by atoms with Crippen LogP contribution in [0.1, 0.15) is 21.6 Å². The number of ketones is 1. The first-order valence-electron chi connectivity index (χ1n) is 7.25. The quantitative estimate of drug-likeness (QED) is 0.579. The molecule has 0 amide bonds. The molecular formula is C18H15N3O3. The molecule has 0 atom stereocenters. The molecule has 0 saturated heterocycles. The Morgan fingerprint density at radius 1 is 1.17 bits per heavy atom. The van der Waals surface area contributed by atoms with Crippen LogP contribution in [0.2, 0.25) is 0 Å². The van der Waals surface area contributed by atoms with Gasteiger partial charge in [0.2, 0.25) is 0 Å². The van der Waals surface area contributed by atoms with Crippen molar-refractivity contribution in [1.29, 1.82) is 0 Å². The molecule has 0 spiro atoms. The number of aryl methyl sites for hydroxylation is 1. The van der Waals surface area contributed by atoms with E-state index in [-0.39, 0.29) is 5.78 Å². The van der Waals surface area contributed by atoms with Crippen LogP contribution >= 0.6 is 0 Å². The number of nitrogens with zero attached hydrogens (tertiary/aromatic N) is 3. The molecule has 24 heavy (non-hydrogen) atoms. The second-order valence-corrected chi connectivity index (χ2v) is 5.28. The SMILES string of the molecule is Cn1cc(C(=O)c2ccc(-n3ccnc3)cc2)cc1/C=C/C(=O)O. The lowest BCUT2D eigenvalue weighted by molar-refractivity contribution is -0.131. The number of carboxylic acid groups (broad SMARTS) is 1. The highest BCUT2D eigenvalue weighted by Gasteiger charge is 2.12. The Hall–Kier alpha value is -3.41. The highest BCUT2D eigenvalue weighted by atomic mass is 16.4. The van der Waals surface area contributed by atoms with E-state index < -0.39 is 5.97 Å². The summed E-state index contributed by atoms with van der Waals surface area (Å²) in [6.45, 7) is 0. The molecule has 6 heteroatoms. The van der Waals surface area contributed by atoms with Gasteiger partial charge < -0.3 is 14.2 Å². The van der Waals surface area contributed by atoms with Gasteiger partial charge in [-0.15, -0.1) is 0 Å². The second kappa shape index (κ2) is 6.37. The number of imidazole rings is 1. The summed E-state index contributed by atoms with van der Waals surface area (Å²) in [5, 5.41) is 8.69. The summed E-state index contributed by atoms with van der Waals surface area (Å²) in [4.78, 5) is 27.2. The van der Waals surface area contributed by atoms with Crippen LogP contribution in [0.5, 0.6) is 0 Å². The van der Waals surface area contributed by atoms with Gasteiger partial charge in [-0.2, -0.15) is 0 Å². The zero-order valence-electron chi connectivity index (χ0n) is 13.0. The van der Waals surface area contributed by atoms with Crippen LogP contribution < -0.4 is 0 Å². The Labute approximate surface area is 138 Å². The largest absolute Gasteiger partial charge is 0.478 e. The van der Waals surface area contributed by atoms with Crippen molar-refractivity contribution in [2.45, 2.75) is 0 Å². The van der Waals surface area contributed by atoms with Crippen molar-refractivity contribution in [1.82, 2.24) is 14.1 Å². The van der Waals surface area contributed by atoms with E-state index in [0.29, 0.717) is 16.8 Å². The van der Waals surface area contributed by atoms with Gasteiger partial charge in [0, 0.05) is 54.2 Å². The Bertz CT molecular complexity index is 904. The third-order valence-corrected chi connectivity index (χ3v) is 3.63. The van der Waals surface area contributed by atoms with E-state index >= 15 is 0 Å². The maximum absolute atomic E-state index is 12.6. The molecule has 2 heterocycles. The molecule has 0 bridgehead atoms. The third kappa shape index (κ3) is 3.17. The summed E-state index contributed by atoms with van der Waals surface area (Å²) < 4.78 is 3.57. The van der Waals surface area contributed by atoms with Gasteiger partial charge in [0.25, 0.3) is 0 Å². The number of hydrogen-bond acceptors (Lipinski definition) is 3. The Kier molecular flexibility index (Phi) is 4.11. The minimum Gasteiger partial charge on any atom is -0.478 e. The van der Waals surface area contributed by atoms with Crippen molar-refractivity contribution in [3.05, 3.63) is 78.1 Å². The number of rotatable bonds is 5. The van der Waals surface area contributed by atoms with Crippen LogP contribution in [0, 0.1) is 0 Å². The number of carbonyl (C=O) groups excluding carboxylic acids is 1. The van der Waals surface area contributed by atoms with E-state index in [1.807, 2.05) is 22.9 Å². The van der Waals surface area contributed by atoms with Gasteiger partial charge in [0.05, 0.1) is 6.33 Å². The van der Waals surface area contributed by atoms with Crippen molar-refractivity contribution >= 4 is 17.8 Å². The minimum absolute atomic E-state index is 0.113.